The van der Waals surface area contributed by atoms with Crippen LogP contribution in [0.4, 0.5) is 0 Å². The zero-order chi connectivity index (χ0) is 17.8. The zero-order valence-electron chi connectivity index (χ0n) is 13.7. The van der Waals surface area contributed by atoms with E-state index >= 15 is 0 Å². The standard InChI is InChI=1S/C18H17ClN2O3S/c1-11(20)12-3-5-14(6-4-12)23-17-10-21-18(25-17)24-16-8-13(19)7-15(9-16)22-2/h3-11H,20H2,1-2H3. The Bertz CT molecular complexity index is 850. The Morgan fingerprint density at radius 1 is 1.04 bits per heavy atom. The summed E-state index contributed by atoms with van der Waals surface area (Å²) >= 11 is 7.32. The van der Waals surface area contributed by atoms with Gasteiger partial charge in [0.2, 0.25) is 5.06 Å². The molecule has 0 aliphatic rings. The molecule has 5 nitrogen and oxygen atoms in total. The van der Waals surface area contributed by atoms with Crippen LogP contribution >= 0.6 is 22.9 Å². The van der Waals surface area contributed by atoms with E-state index in [1.165, 1.54) is 11.3 Å². The van der Waals surface area contributed by atoms with E-state index in [0.717, 1.165) is 5.56 Å². The average molecular weight is 377 g/mol. The molecule has 0 fully saturated rings. The van der Waals surface area contributed by atoms with Crippen LogP contribution in [0.2, 0.25) is 5.02 Å². The van der Waals surface area contributed by atoms with E-state index in [9.17, 15) is 0 Å². The highest BCUT2D eigenvalue weighted by Crippen LogP contribution is 2.36. The third-order valence-corrected chi connectivity index (χ3v) is 4.34. The van der Waals surface area contributed by atoms with Gasteiger partial charge in [0.05, 0.1) is 13.3 Å². The molecule has 0 saturated carbocycles. The molecule has 0 amide bonds. The van der Waals surface area contributed by atoms with Crippen molar-refractivity contribution in [3.63, 3.8) is 0 Å². The second kappa shape index (κ2) is 7.74. The maximum atomic E-state index is 6.03. The van der Waals surface area contributed by atoms with Crippen molar-refractivity contribution in [3.8, 4) is 27.5 Å². The van der Waals surface area contributed by atoms with Gasteiger partial charge in [-0.2, -0.15) is 0 Å². The third kappa shape index (κ3) is 4.63. The third-order valence-electron chi connectivity index (χ3n) is 3.37. The summed E-state index contributed by atoms with van der Waals surface area (Å²) in [6, 6.07) is 12.8. The van der Waals surface area contributed by atoms with Crippen LogP contribution in [-0.4, -0.2) is 12.1 Å². The molecule has 0 bridgehead atoms. The Hall–Kier alpha value is -2.28. The van der Waals surface area contributed by atoms with Crippen molar-refractivity contribution in [3.05, 3.63) is 59.2 Å². The number of hydrogen-bond donors (Lipinski definition) is 1. The number of ether oxygens (including phenoxy) is 3. The van der Waals surface area contributed by atoms with E-state index in [0.29, 0.717) is 32.5 Å². The molecule has 1 aromatic heterocycles. The summed E-state index contributed by atoms with van der Waals surface area (Å²) < 4.78 is 16.7. The Kier molecular flexibility index (Phi) is 5.43. The molecule has 0 saturated heterocycles. The van der Waals surface area contributed by atoms with Crippen LogP contribution < -0.4 is 19.9 Å². The van der Waals surface area contributed by atoms with Gasteiger partial charge in [-0.1, -0.05) is 23.7 Å². The molecule has 3 aromatic rings. The number of benzene rings is 2. The normalized spacial score (nSPS) is 11.8. The van der Waals surface area contributed by atoms with Crippen LogP contribution in [0, 0.1) is 0 Å². The lowest BCUT2D eigenvalue weighted by molar-refractivity contribution is 0.409. The summed E-state index contributed by atoms with van der Waals surface area (Å²) in [5, 5.41) is 1.60. The summed E-state index contributed by atoms with van der Waals surface area (Å²) in [5.74, 6) is 1.88. The molecule has 1 unspecified atom stereocenters. The minimum Gasteiger partial charge on any atom is -0.497 e. The first-order chi connectivity index (χ1) is 12.0. The van der Waals surface area contributed by atoms with Gasteiger partial charge in [0.1, 0.15) is 17.2 Å². The van der Waals surface area contributed by atoms with Gasteiger partial charge in [0, 0.05) is 17.1 Å². The van der Waals surface area contributed by atoms with Crippen LogP contribution in [0.25, 0.3) is 0 Å². The molecule has 0 radical (unpaired) electrons. The Morgan fingerprint density at radius 3 is 2.44 bits per heavy atom. The Morgan fingerprint density at radius 2 is 1.76 bits per heavy atom. The van der Waals surface area contributed by atoms with Gasteiger partial charge < -0.3 is 19.9 Å². The van der Waals surface area contributed by atoms with Crippen LogP contribution in [0.15, 0.2) is 48.7 Å². The monoisotopic (exact) mass is 376 g/mol. The summed E-state index contributed by atoms with van der Waals surface area (Å²) in [6.45, 7) is 1.94. The molecule has 7 heteroatoms. The number of thiazole rings is 1. The van der Waals surface area contributed by atoms with Crippen molar-refractivity contribution >= 4 is 22.9 Å². The fourth-order valence-electron chi connectivity index (χ4n) is 2.11. The summed E-state index contributed by atoms with van der Waals surface area (Å²) in [7, 11) is 1.57. The van der Waals surface area contributed by atoms with Gasteiger partial charge in [-0.15, -0.1) is 0 Å². The number of nitrogens with two attached hydrogens (primary N) is 1. The summed E-state index contributed by atoms with van der Waals surface area (Å²) in [6.07, 6.45) is 1.61. The van der Waals surface area contributed by atoms with E-state index in [1.54, 1.807) is 31.5 Å². The van der Waals surface area contributed by atoms with E-state index in [2.05, 4.69) is 4.98 Å². The van der Waals surface area contributed by atoms with Gasteiger partial charge in [0.25, 0.3) is 5.19 Å². The minimum atomic E-state index is -0.00727. The van der Waals surface area contributed by atoms with Gasteiger partial charge in [-0.3, -0.25) is 0 Å². The summed E-state index contributed by atoms with van der Waals surface area (Å²) in [4.78, 5) is 4.21. The number of halogens is 1. The van der Waals surface area contributed by atoms with Gasteiger partial charge in [-0.25, -0.2) is 4.98 Å². The lowest BCUT2D eigenvalue weighted by atomic mass is 10.1. The Balaban J connectivity index is 1.69. The van der Waals surface area contributed by atoms with E-state index in [-0.39, 0.29) is 6.04 Å². The first-order valence-corrected chi connectivity index (χ1v) is 8.74. The number of hydrogen-bond acceptors (Lipinski definition) is 6. The maximum absolute atomic E-state index is 6.03. The first kappa shape index (κ1) is 17.5. The average Bonchev–Trinajstić information content (AvgIpc) is 3.01. The molecule has 0 spiro atoms. The molecule has 2 N–H and O–H groups in total. The molecular formula is C18H17ClN2O3S. The number of rotatable bonds is 6. The Labute approximate surface area is 154 Å². The van der Waals surface area contributed by atoms with Crippen LogP contribution in [0.5, 0.6) is 27.5 Å². The van der Waals surface area contributed by atoms with E-state index < -0.39 is 0 Å². The van der Waals surface area contributed by atoms with Crippen molar-refractivity contribution in [2.75, 3.05) is 7.11 Å². The maximum Gasteiger partial charge on any atom is 0.282 e. The van der Waals surface area contributed by atoms with Crippen LogP contribution in [0.3, 0.4) is 0 Å². The fourth-order valence-corrected chi connectivity index (χ4v) is 2.98. The largest absolute Gasteiger partial charge is 0.497 e. The molecule has 1 heterocycles. The van der Waals surface area contributed by atoms with Gasteiger partial charge in [-0.05, 0) is 48.1 Å². The van der Waals surface area contributed by atoms with Crippen molar-refractivity contribution in [2.24, 2.45) is 5.73 Å². The summed E-state index contributed by atoms with van der Waals surface area (Å²) in [5.41, 5.74) is 6.89. The van der Waals surface area contributed by atoms with Gasteiger partial charge in [0.15, 0.2) is 0 Å². The smallest absolute Gasteiger partial charge is 0.282 e. The SMILES string of the molecule is COc1cc(Cl)cc(Oc2ncc(Oc3ccc(C(C)N)cc3)s2)c1. The lowest BCUT2D eigenvalue weighted by Gasteiger charge is -2.07. The number of aromatic nitrogens is 1. The van der Waals surface area contributed by atoms with Crippen LogP contribution in [-0.2, 0) is 0 Å². The highest BCUT2D eigenvalue weighted by atomic mass is 35.5. The topological polar surface area (TPSA) is 66.6 Å². The zero-order valence-corrected chi connectivity index (χ0v) is 15.3. The van der Waals surface area contributed by atoms with Crippen molar-refractivity contribution in [1.82, 2.24) is 4.98 Å². The second-order valence-electron chi connectivity index (χ2n) is 5.33. The molecule has 3 rings (SSSR count). The molecule has 0 aliphatic carbocycles. The van der Waals surface area contributed by atoms with Gasteiger partial charge >= 0.3 is 0 Å². The van der Waals surface area contributed by atoms with Crippen molar-refractivity contribution < 1.29 is 14.2 Å². The number of nitrogens with zero attached hydrogens (tertiary/aromatic N) is 1. The molecular weight excluding hydrogens is 360 g/mol. The highest BCUT2D eigenvalue weighted by molar-refractivity contribution is 7.15. The lowest BCUT2D eigenvalue weighted by Crippen LogP contribution is -2.04. The highest BCUT2D eigenvalue weighted by Gasteiger charge is 2.09. The second-order valence-corrected chi connectivity index (χ2v) is 6.73. The predicted molar refractivity (Wildman–Crippen MR) is 99.3 cm³/mol. The number of methoxy groups -OCH3 is 1. The fraction of sp³-hybridized carbons (Fsp3) is 0.167. The van der Waals surface area contributed by atoms with E-state index in [1.807, 2.05) is 31.2 Å². The molecule has 0 aliphatic heterocycles. The molecule has 130 valence electrons. The van der Waals surface area contributed by atoms with Crippen molar-refractivity contribution in [1.29, 1.82) is 0 Å². The predicted octanol–water partition coefficient (Wildman–Crippen LogP) is 5.41. The first-order valence-electron chi connectivity index (χ1n) is 7.55. The van der Waals surface area contributed by atoms with E-state index in [4.69, 9.17) is 31.5 Å². The molecule has 2 aromatic carbocycles. The van der Waals surface area contributed by atoms with Crippen LogP contribution in [0.1, 0.15) is 18.5 Å². The molecule has 25 heavy (non-hydrogen) atoms. The molecule has 1 atom stereocenters. The minimum absolute atomic E-state index is 0.00727. The van der Waals surface area contributed by atoms with Crippen molar-refractivity contribution in [2.45, 2.75) is 13.0 Å². The quantitative estimate of drug-likeness (QED) is 0.623.